The van der Waals surface area contributed by atoms with Gasteiger partial charge in [0.15, 0.2) is 0 Å². The van der Waals surface area contributed by atoms with E-state index in [1.807, 2.05) is 6.92 Å². The van der Waals surface area contributed by atoms with E-state index in [0.29, 0.717) is 18.7 Å². The van der Waals surface area contributed by atoms with Crippen LogP contribution in [0.5, 0.6) is 0 Å². The molecule has 0 spiro atoms. The maximum absolute atomic E-state index is 13.2. The van der Waals surface area contributed by atoms with E-state index in [9.17, 15) is 14.0 Å². The SMILES string of the molecule is Cc1ccn2c(CN3CCN(C(=O)CNC(=O)Cc4cccc(F)c4)CC3)c(C)nc2c1. The molecule has 0 bridgehead atoms. The molecule has 1 aliphatic rings. The third-order valence-electron chi connectivity index (χ3n) is 5.87. The van der Waals surface area contributed by atoms with Crippen molar-refractivity contribution in [2.75, 3.05) is 32.7 Å². The van der Waals surface area contributed by atoms with Crippen LogP contribution in [-0.4, -0.2) is 63.7 Å². The van der Waals surface area contributed by atoms with Gasteiger partial charge in [-0.3, -0.25) is 14.5 Å². The van der Waals surface area contributed by atoms with Crippen LogP contribution in [0.25, 0.3) is 5.65 Å². The molecule has 0 unspecified atom stereocenters. The molecule has 3 aromatic rings. The van der Waals surface area contributed by atoms with E-state index < -0.39 is 0 Å². The Labute approximate surface area is 186 Å². The second-order valence-corrected chi connectivity index (χ2v) is 8.32. The smallest absolute Gasteiger partial charge is 0.242 e. The van der Waals surface area contributed by atoms with Crippen molar-refractivity contribution in [2.24, 2.45) is 0 Å². The number of hydrogen-bond acceptors (Lipinski definition) is 4. The normalized spacial score (nSPS) is 14.7. The predicted octanol–water partition coefficient (Wildman–Crippen LogP) is 2.09. The van der Waals surface area contributed by atoms with Gasteiger partial charge in [-0.15, -0.1) is 0 Å². The van der Waals surface area contributed by atoms with E-state index in [1.54, 1.807) is 17.0 Å². The number of piperazine rings is 1. The summed E-state index contributed by atoms with van der Waals surface area (Å²) < 4.78 is 15.4. The van der Waals surface area contributed by atoms with Gasteiger partial charge in [-0.2, -0.15) is 0 Å². The van der Waals surface area contributed by atoms with Gasteiger partial charge in [0.1, 0.15) is 11.5 Å². The van der Waals surface area contributed by atoms with Gasteiger partial charge in [-0.25, -0.2) is 9.37 Å². The van der Waals surface area contributed by atoms with Gasteiger partial charge < -0.3 is 14.6 Å². The molecule has 1 aromatic carbocycles. The number of amides is 2. The summed E-state index contributed by atoms with van der Waals surface area (Å²) >= 11 is 0. The van der Waals surface area contributed by atoms with Crippen LogP contribution in [0.4, 0.5) is 4.39 Å². The molecule has 1 aliphatic heterocycles. The van der Waals surface area contributed by atoms with Crippen LogP contribution >= 0.6 is 0 Å². The average Bonchev–Trinajstić information content (AvgIpc) is 3.06. The fourth-order valence-corrected chi connectivity index (χ4v) is 4.05. The van der Waals surface area contributed by atoms with E-state index in [0.717, 1.165) is 31.0 Å². The number of imidazole rings is 1. The number of nitrogens with zero attached hydrogens (tertiary/aromatic N) is 4. The summed E-state index contributed by atoms with van der Waals surface area (Å²) in [5.74, 6) is -0.766. The summed E-state index contributed by atoms with van der Waals surface area (Å²) in [5, 5.41) is 2.65. The first-order chi connectivity index (χ1) is 15.4. The largest absolute Gasteiger partial charge is 0.347 e. The van der Waals surface area contributed by atoms with Crippen LogP contribution in [0.1, 0.15) is 22.5 Å². The van der Waals surface area contributed by atoms with Crippen LogP contribution in [0.15, 0.2) is 42.6 Å². The Kier molecular flexibility index (Phi) is 6.50. The Morgan fingerprint density at radius 1 is 1.09 bits per heavy atom. The molecule has 0 radical (unpaired) electrons. The standard InChI is InChI=1S/C24H28FN5O2/c1-17-6-7-30-21(18(2)27-22(30)12-17)16-28-8-10-29(11-9-28)24(32)15-26-23(31)14-19-4-3-5-20(25)13-19/h3-7,12-13H,8-11,14-16H2,1-2H3,(H,26,31). The summed E-state index contributed by atoms with van der Waals surface area (Å²) in [6.45, 7) is 7.60. The number of pyridine rings is 1. The molecular weight excluding hydrogens is 409 g/mol. The molecule has 0 saturated carbocycles. The van der Waals surface area contributed by atoms with E-state index in [-0.39, 0.29) is 30.6 Å². The Balaban J connectivity index is 1.25. The highest BCUT2D eigenvalue weighted by atomic mass is 19.1. The summed E-state index contributed by atoms with van der Waals surface area (Å²) in [5.41, 5.74) is 4.92. The van der Waals surface area contributed by atoms with Crippen molar-refractivity contribution < 1.29 is 14.0 Å². The van der Waals surface area contributed by atoms with Crippen molar-refractivity contribution in [2.45, 2.75) is 26.8 Å². The molecule has 32 heavy (non-hydrogen) atoms. The number of hydrogen-bond donors (Lipinski definition) is 1. The van der Waals surface area contributed by atoms with Crippen LogP contribution in [0.2, 0.25) is 0 Å². The predicted molar refractivity (Wildman–Crippen MR) is 120 cm³/mol. The molecule has 1 fully saturated rings. The second kappa shape index (κ2) is 9.48. The Hall–Kier alpha value is -3.26. The first-order valence-corrected chi connectivity index (χ1v) is 10.8. The topological polar surface area (TPSA) is 70.0 Å². The molecule has 8 heteroatoms. The monoisotopic (exact) mass is 437 g/mol. The van der Waals surface area contributed by atoms with E-state index in [4.69, 9.17) is 0 Å². The molecule has 4 rings (SSSR count). The average molecular weight is 438 g/mol. The molecule has 7 nitrogen and oxygen atoms in total. The third kappa shape index (κ3) is 5.13. The van der Waals surface area contributed by atoms with Crippen molar-refractivity contribution >= 4 is 17.5 Å². The molecule has 2 aromatic heterocycles. The highest BCUT2D eigenvalue weighted by Gasteiger charge is 2.23. The van der Waals surface area contributed by atoms with Crippen LogP contribution in [0, 0.1) is 19.7 Å². The van der Waals surface area contributed by atoms with Gasteiger partial charge in [0.25, 0.3) is 0 Å². The first-order valence-electron chi connectivity index (χ1n) is 10.8. The van der Waals surface area contributed by atoms with Gasteiger partial charge in [0, 0.05) is 38.9 Å². The van der Waals surface area contributed by atoms with Crippen LogP contribution < -0.4 is 5.32 Å². The van der Waals surface area contributed by atoms with Gasteiger partial charge in [-0.1, -0.05) is 12.1 Å². The van der Waals surface area contributed by atoms with Gasteiger partial charge in [-0.05, 0) is 49.2 Å². The highest BCUT2D eigenvalue weighted by Crippen LogP contribution is 2.16. The summed E-state index contributed by atoms with van der Waals surface area (Å²) in [7, 11) is 0. The number of aromatic nitrogens is 2. The minimum Gasteiger partial charge on any atom is -0.347 e. The number of fused-ring (bicyclic) bond motifs is 1. The Bertz CT molecular complexity index is 1130. The molecule has 2 amide bonds. The van der Waals surface area contributed by atoms with E-state index >= 15 is 0 Å². The zero-order chi connectivity index (χ0) is 22.7. The third-order valence-corrected chi connectivity index (χ3v) is 5.87. The van der Waals surface area contributed by atoms with Crippen molar-refractivity contribution in [1.82, 2.24) is 24.5 Å². The molecule has 3 heterocycles. The van der Waals surface area contributed by atoms with Crippen LogP contribution in [0.3, 0.4) is 0 Å². The van der Waals surface area contributed by atoms with E-state index in [1.165, 1.54) is 23.4 Å². The van der Waals surface area contributed by atoms with E-state index in [2.05, 4.69) is 44.9 Å². The quantitative estimate of drug-likeness (QED) is 0.641. The lowest BCUT2D eigenvalue weighted by Crippen LogP contribution is -2.51. The van der Waals surface area contributed by atoms with Crippen molar-refractivity contribution in [3.05, 3.63) is 70.9 Å². The maximum Gasteiger partial charge on any atom is 0.242 e. The number of aryl methyl sites for hydroxylation is 2. The molecule has 168 valence electrons. The van der Waals surface area contributed by atoms with Crippen LogP contribution in [-0.2, 0) is 22.6 Å². The summed E-state index contributed by atoms with van der Waals surface area (Å²) in [6, 6.07) is 10.1. The number of benzene rings is 1. The fourth-order valence-electron chi connectivity index (χ4n) is 4.05. The minimum absolute atomic E-state index is 0.0418. The molecule has 0 atom stereocenters. The lowest BCUT2D eigenvalue weighted by Gasteiger charge is -2.34. The zero-order valence-electron chi connectivity index (χ0n) is 18.5. The second-order valence-electron chi connectivity index (χ2n) is 8.32. The summed E-state index contributed by atoms with van der Waals surface area (Å²) in [6.07, 6.45) is 2.11. The molecule has 1 N–H and O–H groups in total. The van der Waals surface area contributed by atoms with Crippen molar-refractivity contribution in [3.63, 3.8) is 0 Å². The Morgan fingerprint density at radius 3 is 2.62 bits per heavy atom. The highest BCUT2D eigenvalue weighted by molar-refractivity contribution is 5.85. The van der Waals surface area contributed by atoms with Gasteiger partial charge in [0.05, 0.1) is 24.4 Å². The molecular formula is C24H28FN5O2. The van der Waals surface area contributed by atoms with Crippen molar-refractivity contribution in [1.29, 1.82) is 0 Å². The Morgan fingerprint density at radius 2 is 1.88 bits per heavy atom. The number of nitrogens with one attached hydrogen (secondary N) is 1. The lowest BCUT2D eigenvalue weighted by atomic mass is 10.1. The minimum atomic E-state index is -0.376. The number of carbonyl (C=O) groups excluding carboxylic acids is 2. The van der Waals surface area contributed by atoms with Gasteiger partial charge >= 0.3 is 0 Å². The number of rotatable bonds is 6. The summed E-state index contributed by atoms with van der Waals surface area (Å²) in [4.78, 5) is 33.4. The molecule has 1 saturated heterocycles. The lowest BCUT2D eigenvalue weighted by molar-refractivity contribution is -0.134. The fraction of sp³-hybridized carbons (Fsp3) is 0.375. The first kappa shape index (κ1) is 22.0. The number of carbonyl (C=O) groups is 2. The van der Waals surface area contributed by atoms with Crippen molar-refractivity contribution in [3.8, 4) is 0 Å². The zero-order valence-corrected chi connectivity index (χ0v) is 18.5. The molecule has 0 aliphatic carbocycles. The van der Waals surface area contributed by atoms with Gasteiger partial charge in [0.2, 0.25) is 11.8 Å². The number of halogens is 1. The maximum atomic E-state index is 13.2.